The summed E-state index contributed by atoms with van der Waals surface area (Å²) >= 11 is 0. The molecule has 0 saturated carbocycles. The molecular formula is C33H45BrFN3O6. The maximum atomic E-state index is 15.3. The molecule has 44 heavy (non-hydrogen) atoms. The summed E-state index contributed by atoms with van der Waals surface area (Å²) in [4.78, 5) is 29.4. The lowest BCUT2D eigenvalue weighted by atomic mass is 9.84. The summed E-state index contributed by atoms with van der Waals surface area (Å²) in [6.45, 7) is 10.8. The zero-order valence-electron chi connectivity index (χ0n) is 26.6. The van der Waals surface area contributed by atoms with E-state index in [4.69, 9.17) is 24.4 Å². The Morgan fingerprint density at radius 3 is 2.34 bits per heavy atom. The number of anilines is 1. The molecule has 242 valence electrons. The van der Waals surface area contributed by atoms with Crippen LogP contribution in [0.15, 0.2) is 18.2 Å². The van der Waals surface area contributed by atoms with Crippen LogP contribution in [0.1, 0.15) is 86.8 Å². The first-order chi connectivity index (χ1) is 20.5. The maximum absolute atomic E-state index is 15.3. The SMILES string of the molecule is Br.CCOC(=O)CCCCOc1c(N2CCCC2)cc(C(=O)CN2Cc3cc(OC)c(OC)c(F)c3C2=N)cc1C(C)(C)C. The van der Waals surface area contributed by atoms with Crippen molar-refractivity contribution in [2.45, 2.75) is 71.8 Å². The van der Waals surface area contributed by atoms with Crippen LogP contribution in [0.4, 0.5) is 10.1 Å². The van der Waals surface area contributed by atoms with Gasteiger partial charge in [0.05, 0.1) is 45.2 Å². The second kappa shape index (κ2) is 15.1. The minimum atomic E-state index is -0.660. The second-order valence-electron chi connectivity index (χ2n) is 12.0. The fourth-order valence-corrected chi connectivity index (χ4v) is 5.68. The highest BCUT2D eigenvalue weighted by molar-refractivity contribution is 8.93. The summed E-state index contributed by atoms with van der Waals surface area (Å²) in [5.74, 6) is -0.114. The molecule has 2 aromatic rings. The molecule has 0 amide bonds. The summed E-state index contributed by atoms with van der Waals surface area (Å²) < 4.78 is 37.2. The highest BCUT2D eigenvalue weighted by Gasteiger charge is 2.34. The molecule has 1 saturated heterocycles. The van der Waals surface area contributed by atoms with Crippen molar-refractivity contribution >= 4 is 40.3 Å². The van der Waals surface area contributed by atoms with Crippen LogP contribution in [-0.2, 0) is 21.5 Å². The minimum Gasteiger partial charge on any atom is -0.493 e. The lowest BCUT2D eigenvalue weighted by molar-refractivity contribution is -0.143. The van der Waals surface area contributed by atoms with Crippen molar-refractivity contribution in [3.63, 3.8) is 0 Å². The molecule has 0 aliphatic carbocycles. The maximum Gasteiger partial charge on any atom is 0.305 e. The van der Waals surface area contributed by atoms with E-state index in [0.29, 0.717) is 43.6 Å². The van der Waals surface area contributed by atoms with Crippen molar-refractivity contribution in [2.75, 3.05) is 52.0 Å². The number of rotatable bonds is 13. The molecule has 2 aromatic carbocycles. The van der Waals surface area contributed by atoms with E-state index in [0.717, 1.165) is 42.9 Å². The first-order valence-corrected chi connectivity index (χ1v) is 15.0. The van der Waals surface area contributed by atoms with Gasteiger partial charge in [-0.05, 0) is 61.8 Å². The van der Waals surface area contributed by atoms with Gasteiger partial charge in [-0.25, -0.2) is 4.39 Å². The van der Waals surface area contributed by atoms with E-state index in [1.807, 2.05) is 12.1 Å². The van der Waals surface area contributed by atoms with E-state index in [9.17, 15) is 9.59 Å². The number of nitrogens with zero attached hydrogens (tertiary/aromatic N) is 2. The average Bonchev–Trinajstić information content (AvgIpc) is 3.60. The third-order valence-corrected chi connectivity index (χ3v) is 7.91. The predicted octanol–water partition coefficient (Wildman–Crippen LogP) is 6.45. The van der Waals surface area contributed by atoms with E-state index in [2.05, 4.69) is 25.7 Å². The number of ketones is 1. The van der Waals surface area contributed by atoms with Gasteiger partial charge in [0.25, 0.3) is 0 Å². The number of fused-ring (bicyclic) bond motifs is 1. The number of hydrogen-bond donors (Lipinski definition) is 1. The van der Waals surface area contributed by atoms with E-state index in [-0.39, 0.29) is 70.1 Å². The molecule has 1 N–H and O–H groups in total. The van der Waals surface area contributed by atoms with Crippen LogP contribution in [-0.4, -0.2) is 69.6 Å². The van der Waals surface area contributed by atoms with Crippen molar-refractivity contribution < 1.29 is 32.9 Å². The van der Waals surface area contributed by atoms with Gasteiger partial charge in [0.15, 0.2) is 23.1 Å². The molecule has 9 nitrogen and oxygen atoms in total. The van der Waals surface area contributed by atoms with Crippen LogP contribution in [0.25, 0.3) is 0 Å². The Labute approximate surface area is 270 Å². The van der Waals surface area contributed by atoms with Crippen molar-refractivity contribution in [3.8, 4) is 17.2 Å². The lowest BCUT2D eigenvalue weighted by Crippen LogP contribution is -2.31. The second-order valence-corrected chi connectivity index (χ2v) is 12.0. The number of hydrogen-bond acceptors (Lipinski definition) is 8. The van der Waals surface area contributed by atoms with Gasteiger partial charge in [0.1, 0.15) is 11.6 Å². The summed E-state index contributed by atoms with van der Waals surface area (Å²) in [6, 6.07) is 5.46. The number of carbonyl (C=O) groups is 2. The predicted molar refractivity (Wildman–Crippen MR) is 174 cm³/mol. The largest absolute Gasteiger partial charge is 0.493 e. The number of carbonyl (C=O) groups excluding carboxylic acids is 2. The molecule has 2 aliphatic heterocycles. The molecule has 4 rings (SSSR count). The molecule has 0 aromatic heterocycles. The number of nitrogens with one attached hydrogen (secondary N) is 1. The minimum absolute atomic E-state index is 0. The Hall–Kier alpha value is -3.34. The van der Waals surface area contributed by atoms with Gasteiger partial charge >= 0.3 is 5.97 Å². The zero-order chi connectivity index (χ0) is 31.3. The van der Waals surface area contributed by atoms with Gasteiger partial charge in [-0.2, -0.15) is 0 Å². The van der Waals surface area contributed by atoms with Crippen molar-refractivity contribution in [2.24, 2.45) is 0 Å². The normalized spacial score (nSPS) is 14.3. The van der Waals surface area contributed by atoms with Crippen LogP contribution in [0, 0.1) is 11.2 Å². The monoisotopic (exact) mass is 677 g/mol. The summed E-state index contributed by atoms with van der Waals surface area (Å²) in [5, 5.41) is 8.68. The fraction of sp³-hybridized carbons (Fsp3) is 0.545. The van der Waals surface area contributed by atoms with E-state index < -0.39 is 5.82 Å². The lowest BCUT2D eigenvalue weighted by Gasteiger charge is -2.30. The number of benzene rings is 2. The molecule has 0 unspecified atom stereocenters. The molecule has 11 heteroatoms. The van der Waals surface area contributed by atoms with Gasteiger partial charge in [-0.15, -0.1) is 17.0 Å². The first kappa shape index (κ1) is 35.1. The Morgan fingerprint density at radius 2 is 1.73 bits per heavy atom. The molecule has 0 atom stereocenters. The molecule has 1 fully saturated rings. The van der Waals surface area contributed by atoms with Crippen LogP contribution in [0.2, 0.25) is 0 Å². The summed E-state index contributed by atoms with van der Waals surface area (Å²) in [7, 11) is 2.79. The average molecular weight is 679 g/mol. The third kappa shape index (κ3) is 7.65. The smallest absolute Gasteiger partial charge is 0.305 e. The van der Waals surface area contributed by atoms with Gasteiger partial charge < -0.3 is 28.7 Å². The number of esters is 1. The Balaban J connectivity index is 0.00000529. The Bertz CT molecular complexity index is 1370. The molecular weight excluding hydrogens is 633 g/mol. The number of methoxy groups -OCH3 is 2. The molecule has 2 aliphatic rings. The number of Topliss-reactive ketones (excluding diaryl/α,β-unsaturated/α-hetero) is 1. The number of halogens is 2. The van der Waals surface area contributed by atoms with Crippen LogP contribution in [0.3, 0.4) is 0 Å². The van der Waals surface area contributed by atoms with E-state index >= 15 is 4.39 Å². The number of ether oxygens (including phenoxy) is 4. The van der Waals surface area contributed by atoms with Gasteiger partial charge in [-0.3, -0.25) is 15.0 Å². The Kier molecular flexibility index (Phi) is 12.1. The fourth-order valence-electron chi connectivity index (χ4n) is 5.68. The molecule has 2 heterocycles. The molecule has 0 spiro atoms. The van der Waals surface area contributed by atoms with E-state index in [1.54, 1.807) is 17.9 Å². The summed E-state index contributed by atoms with van der Waals surface area (Å²) in [6.07, 6.45) is 3.84. The van der Waals surface area contributed by atoms with Gasteiger partial charge in [0.2, 0.25) is 0 Å². The van der Waals surface area contributed by atoms with Crippen LogP contribution in [0.5, 0.6) is 17.2 Å². The van der Waals surface area contributed by atoms with Crippen molar-refractivity contribution in [3.05, 3.63) is 46.3 Å². The van der Waals surface area contributed by atoms with Crippen molar-refractivity contribution in [1.82, 2.24) is 4.90 Å². The van der Waals surface area contributed by atoms with E-state index in [1.165, 1.54) is 14.2 Å². The number of amidine groups is 1. The highest BCUT2D eigenvalue weighted by atomic mass is 79.9. The molecule has 0 radical (unpaired) electrons. The summed E-state index contributed by atoms with van der Waals surface area (Å²) in [5.41, 5.74) is 2.72. The first-order valence-electron chi connectivity index (χ1n) is 15.0. The Morgan fingerprint density at radius 1 is 1.02 bits per heavy atom. The third-order valence-electron chi connectivity index (χ3n) is 7.91. The number of unbranched alkanes of at least 4 members (excludes halogenated alkanes) is 1. The van der Waals surface area contributed by atoms with Crippen LogP contribution < -0.4 is 19.1 Å². The standard InChI is InChI=1S/C33H44FN3O6.BrH/c1-7-42-27(39)12-8-11-15-43-30-23(33(2,3)4)16-21(17-24(30)36-13-9-10-14-36)25(38)20-37-19-22-18-26(40-5)31(41-6)29(34)28(22)32(37)35;/h16-18,35H,7-15,19-20H2,1-6H3;1H. The van der Waals surface area contributed by atoms with Gasteiger partial charge in [-0.1, -0.05) is 20.8 Å². The zero-order valence-corrected chi connectivity index (χ0v) is 28.4. The topological polar surface area (TPSA) is 101 Å². The van der Waals surface area contributed by atoms with Crippen molar-refractivity contribution in [1.29, 1.82) is 5.41 Å². The van der Waals surface area contributed by atoms with Crippen LogP contribution >= 0.6 is 17.0 Å². The highest BCUT2D eigenvalue weighted by Crippen LogP contribution is 2.42. The quantitative estimate of drug-likeness (QED) is 0.147. The molecule has 0 bridgehead atoms. The van der Waals surface area contributed by atoms with Gasteiger partial charge in [0, 0.05) is 37.2 Å².